The Labute approximate surface area is 171 Å². The van der Waals surface area contributed by atoms with Gasteiger partial charge in [0.15, 0.2) is 0 Å². The van der Waals surface area contributed by atoms with Gasteiger partial charge in [-0.25, -0.2) is 0 Å². The highest BCUT2D eigenvalue weighted by Crippen LogP contribution is 2.48. The van der Waals surface area contributed by atoms with E-state index in [4.69, 9.17) is 0 Å². The van der Waals surface area contributed by atoms with Gasteiger partial charge >= 0.3 is 0 Å². The van der Waals surface area contributed by atoms with Crippen molar-refractivity contribution in [2.75, 3.05) is 0 Å². The van der Waals surface area contributed by atoms with Crippen LogP contribution in [-0.2, 0) is 10.8 Å². The Bertz CT molecular complexity index is 653. The highest BCUT2D eigenvalue weighted by atomic mass is 31.1. The summed E-state index contributed by atoms with van der Waals surface area (Å²) in [6.45, 7) is 18.5. The van der Waals surface area contributed by atoms with Crippen molar-refractivity contribution in [1.29, 1.82) is 0 Å². The van der Waals surface area contributed by atoms with Crippen molar-refractivity contribution >= 4 is 27.8 Å². The van der Waals surface area contributed by atoms with Crippen molar-refractivity contribution in [2.24, 2.45) is 0 Å². The van der Waals surface area contributed by atoms with Crippen molar-refractivity contribution in [3.63, 3.8) is 0 Å². The van der Waals surface area contributed by atoms with Crippen LogP contribution < -0.4 is 10.6 Å². The lowest BCUT2D eigenvalue weighted by atomic mass is 9.87. The maximum absolute atomic E-state index is 2.49. The second kappa shape index (κ2) is 8.76. The fraction of sp³-hybridized carbons (Fsp3) is 0.520. The lowest BCUT2D eigenvalue weighted by molar-refractivity contribution is 0.590. The minimum atomic E-state index is 0.227. The molecule has 0 saturated carbocycles. The molecule has 0 fully saturated rings. The Morgan fingerprint density at radius 2 is 0.926 bits per heavy atom. The number of hydrogen-bond donors (Lipinski definition) is 0. The molecule has 0 amide bonds. The smallest absolute Gasteiger partial charge is 0.0104 e. The zero-order valence-electron chi connectivity index (χ0n) is 18.5. The summed E-state index contributed by atoms with van der Waals surface area (Å²) < 4.78 is 0. The van der Waals surface area contributed by atoms with Crippen molar-refractivity contribution in [1.82, 2.24) is 0 Å². The molecule has 0 saturated heterocycles. The Balaban J connectivity index is 2.17. The average Bonchev–Trinajstić information content (AvgIpc) is 2.54. The van der Waals surface area contributed by atoms with Crippen molar-refractivity contribution in [3.8, 4) is 0 Å². The van der Waals surface area contributed by atoms with Gasteiger partial charge in [0.05, 0.1) is 0 Å². The van der Waals surface area contributed by atoms with Crippen LogP contribution in [0.2, 0.25) is 0 Å². The van der Waals surface area contributed by atoms with E-state index in [0.717, 1.165) is 17.2 Å². The fourth-order valence-corrected chi connectivity index (χ4v) is 7.21. The van der Waals surface area contributed by atoms with E-state index in [2.05, 4.69) is 104 Å². The molecule has 0 aliphatic heterocycles. The minimum absolute atomic E-state index is 0.227. The van der Waals surface area contributed by atoms with Crippen LogP contribution >= 0.6 is 17.2 Å². The first-order valence-corrected chi connectivity index (χ1v) is 12.2. The van der Waals surface area contributed by atoms with E-state index in [1.807, 2.05) is 0 Å². The maximum atomic E-state index is 2.49. The van der Waals surface area contributed by atoms with E-state index < -0.39 is 0 Å². The van der Waals surface area contributed by atoms with E-state index in [1.165, 1.54) is 34.6 Å². The molecule has 2 aromatic rings. The maximum Gasteiger partial charge on any atom is 0.0104 e. The Hall–Kier alpha value is -0.700. The van der Waals surface area contributed by atoms with Gasteiger partial charge in [0.1, 0.15) is 0 Å². The van der Waals surface area contributed by atoms with Crippen molar-refractivity contribution < 1.29 is 0 Å². The van der Waals surface area contributed by atoms with Crippen LogP contribution in [-0.4, -0.2) is 4.90 Å². The van der Waals surface area contributed by atoms with Crippen LogP contribution in [0.3, 0.4) is 0 Å². The van der Waals surface area contributed by atoms with E-state index in [-0.39, 0.29) is 10.8 Å². The molecule has 2 aromatic carbocycles. The van der Waals surface area contributed by atoms with E-state index in [0.29, 0.717) is 4.90 Å². The summed E-state index contributed by atoms with van der Waals surface area (Å²) in [5.74, 6) is 0. The zero-order chi connectivity index (χ0) is 20.3. The third kappa shape index (κ3) is 6.69. The molecule has 0 radical (unpaired) electrons. The van der Waals surface area contributed by atoms with Crippen molar-refractivity contribution in [3.05, 3.63) is 59.7 Å². The van der Waals surface area contributed by atoms with Gasteiger partial charge in [-0.05, 0) is 39.0 Å². The van der Waals surface area contributed by atoms with E-state index in [1.54, 1.807) is 0 Å². The Morgan fingerprint density at radius 1 is 0.593 bits per heavy atom. The molecule has 0 spiro atoms. The van der Waals surface area contributed by atoms with Crippen LogP contribution in [0.5, 0.6) is 0 Å². The molecule has 0 aliphatic rings. The predicted molar refractivity (Wildman–Crippen MR) is 129 cm³/mol. The standard InChI is InChI=1S/C25H38P2/c1-9-18-25(8,26-21-14-10-19(11-15-21)23(2,3)4)27-22-16-12-20(13-17-22)24(5,6)7/h10-17,26-27H,9,18H2,1-8H3. The molecule has 0 aliphatic carbocycles. The molecular formula is C25H38P2. The molecule has 0 heterocycles. The first kappa shape index (κ1) is 22.6. The van der Waals surface area contributed by atoms with Gasteiger partial charge in [-0.2, -0.15) is 0 Å². The largest absolute Gasteiger partial charge is 0.0798 e. The zero-order valence-corrected chi connectivity index (χ0v) is 20.5. The first-order chi connectivity index (χ1) is 12.4. The monoisotopic (exact) mass is 400 g/mol. The number of hydrogen-bond acceptors (Lipinski definition) is 0. The SMILES string of the molecule is CCCC(C)(Pc1ccc(C(C)(C)C)cc1)Pc1ccc(C(C)(C)C)cc1. The van der Waals surface area contributed by atoms with Gasteiger partial charge < -0.3 is 0 Å². The van der Waals surface area contributed by atoms with Gasteiger partial charge in [0, 0.05) is 4.90 Å². The van der Waals surface area contributed by atoms with Gasteiger partial charge in [-0.15, -0.1) is 0 Å². The van der Waals surface area contributed by atoms with Crippen molar-refractivity contribution in [2.45, 2.75) is 84.0 Å². The van der Waals surface area contributed by atoms with Gasteiger partial charge in [0.25, 0.3) is 0 Å². The Morgan fingerprint density at radius 3 is 1.19 bits per heavy atom. The summed E-state index contributed by atoms with van der Waals surface area (Å²) in [7, 11) is 1.72. The van der Waals surface area contributed by atoms with Crippen LogP contribution in [0.4, 0.5) is 0 Å². The number of benzene rings is 2. The molecule has 2 rings (SSSR count). The summed E-state index contributed by atoms with van der Waals surface area (Å²) in [5.41, 5.74) is 3.30. The van der Waals surface area contributed by atoms with E-state index >= 15 is 0 Å². The molecule has 148 valence electrons. The summed E-state index contributed by atoms with van der Waals surface area (Å²) in [6, 6.07) is 18.8. The molecule has 2 unspecified atom stereocenters. The second-order valence-electron chi connectivity index (χ2n) is 9.99. The van der Waals surface area contributed by atoms with Crippen LogP contribution in [0.1, 0.15) is 79.4 Å². The minimum Gasteiger partial charge on any atom is -0.0798 e. The van der Waals surface area contributed by atoms with Gasteiger partial charge in [-0.3, -0.25) is 0 Å². The van der Waals surface area contributed by atoms with Crippen LogP contribution in [0.15, 0.2) is 48.5 Å². The molecule has 2 atom stereocenters. The lowest BCUT2D eigenvalue weighted by Crippen LogP contribution is -2.20. The first-order valence-electron chi connectivity index (χ1n) is 10.2. The Kier molecular flexibility index (Phi) is 7.33. The van der Waals surface area contributed by atoms with Crippen LogP contribution in [0, 0.1) is 0 Å². The highest BCUT2D eigenvalue weighted by Gasteiger charge is 2.25. The third-order valence-corrected chi connectivity index (χ3v) is 8.69. The highest BCUT2D eigenvalue weighted by molar-refractivity contribution is 7.67. The van der Waals surface area contributed by atoms with Crippen LogP contribution in [0.25, 0.3) is 0 Å². The normalized spacial score (nSPS) is 15.7. The van der Waals surface area contributed by atoms with Gasteiger partial charge in [0.2, 0.25) is 0 Å². The quantitative estimate of drug-likeness (QED) is 0.453. The summed E-state index contributed by atoms with van der Waals surface area (Å²) >= 11 is 0. The third-order valence-electron chi connectivity index (χ3n) is 5.09. The molecule has 0 aromatic heterocycles. The second-order valence-corrected chi connectivity index (χ2v) is 14.3. The molecule has 0 nitrogen and oxygen atoms in total. The predicted octanol–water partition coefficient (Wildman–Crippen LogP) is 7.11. The summed E-state index contributed by atoms with van der Waals surface area (Å²) in [4.78, 5) is 0.362. The average molecular weight is 401 g/mol. The lowest BCUT2D eigenvalue weighted by Gasteiger charge is -2.30. The summed E-state index contributed by atoms with van der Waals surface area (Å²) in [5, 5.41) is 3.00. The topological polar surface area (TPSA) is 0 Å². The number of rotatable bonds is 6. The molecular weight excluding hydrogens is 362 g/mol. The fourth-order valence-electron chi connectivity index (χ4n) is 3.40. The molecule has 2 heteroatoms. The van der Waals surface area contributed by atoms with E-state index in [9.17, 15) is 0 Å². The molecule has 0 bridgehead atoms. The molecule has 0 N–H and O–H groups in total. The summed E-state index contributed by atoms with van der Waals surface area (Å²) in [6.07, 6.45) is 2.53. The molecule has 27 heavy (non-hydrogen) atoms. The van der Waals surface area contributed by atoms with Gasteiger partial charge in [-0.1, -0.05) is 128 Å².